The summed E-state index contributed by atoms with van der Waals surface area (Å²) in [7, 11) is 0. The number of anilines is 2. The molecule has 3 aliphatic heterocycles. The van der Waals surface area contributed by atoms with Gasteiger partial charge in [-0.15, -0.1) is 0 Å². The molecule has 1 aromatic carbocycles. The maximum Gasteiger partial charge on any atom is 0.250 e. The lowest BCUT2D eigenvalue weighted by molar-refractivity contribution is -0.148. The van der Waals surface area contributed by atoms with E-state index in [0.29, 0.717) is 18.7 Å². The number of nitrogens with one attached hydrogen (secondary N) is 2. The molecule has 9 heteroatoms. The average Bonchev–Trinajstić information content (AvgIpc) is 3.40. The predicted octanol–water partition coefficient (Wildman–Crippen LogP) is 2.39. The minimum atomic E-state index is -1.13. The molecular weight excluding hydrogens is 472 g/mol. The Hall–Kier alpha value is -2.65. The number of nitrogens with zero attached hydrogens (tertiary/aromatic N) is 2. The molecule has 3 unspecified atom stereocenters. The molecule has 1 aromatic rings. The van der Waals surface area contributed by atoms with Crippen LogP contribution in [0.4, 0.5) is 11.4 Å². The summed E-state index contributed by atoms with van der Waals surface area (Å²) in [4.78, 5) is 44.9. The Morgan fingerprint density at radius 2 is 1.84 bits per heavy atom. The van der Waals surface area contributed by atoms with Gasteiger partial charge >= 0.3 is 0 Å². The molecule has 0 radical (unpaired) electrons. The van der Waals surface area contributed by atoms with E-state index in [1.807, 2.05) is 45.0 Å². The Morgan fingerprint density at radius 3 is 2.41 bits per heavy atom. The SMILES string of the molecule is CCCNC(=O)[C@@H]1[C@H]2C(=O)N([C@H](C)CO)C(C(=O)Nc3ccc(N(CC)CC)cc3)C23CC(C)[C@@]1(C)O3. The highest BCUT2D eigenvalue weighted by Crippen LogP contribution is 2.65. The number of hydrogen-bond donors (Lipinski definition) is 3. The summed E-state index contributed by atoms with van der Waals surface area (Å²) in [5, 5.41) is 16.0. The third-order valence-corrected chi connectivity index (χ3v) is 8.84. The number of amides is 3. The minimum Gasteiger partial charge on any atom is -0.394 e. The molecule has 37 heavy (non-hydrogen) atoms. The fourth-order valence-electron chi connectivity index (χ4n) is 6.85. The number of aliphatic hydroxyl groups is 1. The molecule has 3 aliphatic rings. The molecule has 1 spiro atoms. The predicted molar refractivity (Wildman–Crippen MR) is 142 cm³/mol. The van der Waals surface area contributed by atoms with Crippen LogP contribution in [-0.2, 0) is 19.1 Å². The largest absolute Gasteiger partial charge is 0.394 e. The summed E-state index contributed by atoms with van der Waals surface area (Å²) in [6.07, 6.45) is 1.27. The van der Waals surface area contributed by atoms with Gasteiger partial charge in [-0.3, -0.25) is 14.4 Å². The average molecular weight is 515 g/mol. The van der Waals surface area contributed by atoms with Gasteiger partial charge in [-0.05, 0) is 70.7 Å². The number of likely N-dealkylation sites (tertiary alicyclic amines) is 1. The maximum atomic E-state index is 13.9. The Kier molecular flexibility index (Phi) is 7.59. The van der Waals surface area contributed by atoms with Crippen LogP contribution >= 0.6 is 0 Å². The van der Waals surface area contributed by atoms with E-state index < -0.39 is 35.1 Å². The number of ether oxygens (including phenoxy) is 1. The topological polar surface area (TPSA) is 111 Å². The Labute approximate surface area is 219 Å². The van der Waals surface area contributed by atoms with E-state index in [-0.39, 0.29) is 30.2 Å². The summed E-state index contributed by atoms with van der Waals surface area (Å²) in [5.74, 6) is -2.37. The fourth-order valence-corrected chi connectivity index (χ4v) is 6.85. The summed E-state index contributed by atoms with van der Waals surface area (Å²) in [6.45, 7) is 13.8. The lowest BCUT2D eigenvalue weighted by atomic mass is 9.62. The molecule has 3 saturated heterocycles. The van der Waals surface area contributed by atoms with Gasteiger partial charge in [0.25, 0.3) is 0 Å². The molecule has 0 aliphatic carbocycles. The fraction of sp³-hybridized carbons (Fsp3) is 0.679. The van der Waals surface area contributed by atoms with Crippen LogP contribution in [0.2, 0.25) is 0 Å². The molecule has 0 saturated carbocycles. The maximum absolute atomic E-state index is 13.9. The van der Waals surface area contributed by atoms with Gasteiger partial charge in [0.15, 0.2) is 0 Å². The number of carbonyl (C=O) groups is 3. The van der Waals surface area contributed by atoms with Gasteiger partial charge in [0.05, 0.1) is 30.1 Å². The molecule has 3 N–H and O–H groups in total. The lowest BCUT2D eigenvalue weighted by Gasteiger charge is -2.36. The van der Waals surface area contributed by atoms with Crippen molar-refractivity contribution >= 4 is 29.1 Å². The van der Waals surface area contributed by atoms with Gasteiger partial charge in [-0.2, -0.15) is 0 Å². The first kappa shape index (κ1) is 27.4. The van der Waals surface area contributed by atoms with Crippen molar-refractivity contribution in [1.82, 2.24) is 10.2 Å². The number of fused-ring (bicyclic) bond motifs is 1. The second-order valence-corrected chi connectivity index (χ2v) is 11.0. The van der Waals surface area contributed by atoms with Gasteiger partial charge in [-0.1, -0.05) is 13.8 Å². The molecule has 2 bridgehead atoms. The summed E-state index contributed by atoms with van der Waals surface area (Å²) in [5.41, 5.74) is -0.298. The normalized spacial score (nSPS) is 32.8. The van der Waals surface area contributed by atoms with Crippen molar-refractivity contribution in [2.24, 2.45) is 17.8 Å². The Balaban J connectivity index is 1.69. The third-order valence-electron chi connectivity index (χ3n) is 8.84. The van der Waals surface area contributed by atoms with E-state index in [0.717, 1.165) is 25.2 Å². The molecule has 3 heterocycles. The summed E-state index contributed by atoms with van der Waals surface area (Å²) >= 11 is 0. The number of hydrogen-bond acceptors (Lipinski definition) is 6. The van der Waals surface area contributed by atoms with Crippen molar-refractivity contribution in [3.8, 4) is 0 Å². The van der Waals surface area contributed by atoms with Crippen LogP contribution in [0.1, 0.15) is 54.4 Å². The zero-order chi connectivity index (χ0) is 27.1. The van der Waals surface area contributed by atoms with Crippen LogP contribution in [0.15, 0.2) is 24.3 Å². The Bertz CT molecular complexity index is 1030. The van der Waals surface area contributed by atoms with Gasteiger partial charge in [0.2, 0.25) is 17.7 Å². The number of benzene rings is 1. The van der Waals surface area contributed by atoms with E-state index in [9.17, 15) is 19.5 Å². The highest BCUT2D eigenvalue weighted by molar-refractivity contribution is 6.04. The molecule has 0 aromatic heterocycles. The molecule has 3 fully saturated rings. The highest BCUT2D eigenvalue weighted by atomic mass is 16.5. The number of carbonyl (C=O) groups excluding carboxylic acids is 3. The van der Waals surface area contributed by atoms with Crippen molar-refractivity contribution in [3.63, 3.8) is 0 Å². The first-order valence-electron chi connectivity index (χ1n) is 13.7. The summed E-state index contributed by atoms with van der Waals surface area (Å²) in [6, 6.07) is 6.09. The number of aliphatic hydroxyl groups excluding tert-OH is 1. The van der Waals surface area contributed by atoms with Gasteiger partial charge in [0, 0.05) is 31.0 Å². The molecule has 3 amide bonds. The van der Waals surface area contributed by atoms with Crippen LogP contribution in [0.3, 0.4) is 0 Å². The van der Waals surface area contributed by atoms with Crippen molar-refractivity contribution in [3.05, 3.63) is 24.3 Å². The lowest BCUT2D eigenvalue weighted by Crippen LogP contribution is -2.56. The van der Waals surface area contributed by atoms with Crippen LogP contribution in [-0.4, -0.2) is 77.3 Å². The van der Waals surface area contributed by atoms with Gasteiger partial charge in [-0.25, -0.2) is 0 Å². The summed E-state index contributed by atoms with van der Waals surface area (Å²) < 4.78 is 6.67. The van der Waals surface area contributed by atoms with Crippen molar-refractivity contribution < 1.29 is 24.2 Å². The van der Waals surface area contributed by atoms with Crippen LogP contribution in [0, 0.1) is 17.8 Å². The van der Waals surface area contributed by atoms with Crippen LogP contribution < -0.4 is 15.5 Å². The molecular formula is C28H42N4O5. The van der Waals surface area contributed by atoms with Gasteiger partial charge in [0.1, 0.15) is 11.6 Å². The standard InChI is InChI=1S/C28H42N4O5/c1-7-14-29-24(34)21-22-26(36)32(18(5)16-33)23(28(22)15-17(4)27(21,6)37-28)25(35)30-19-10-12-20(13-11-19)31(8-2)9-3/h10-13,17-18,21-23,33H,7-9,14-16H2,1-6H3,(H,29,34)(H,30,35)/t17?,18-,21+,22+,23?,27-,28?/m1/s1. The van der Waals surface area contributed by atoms with E-state index >= 15 is 0 Å². The quantitative estimate of drug-likeness (QED) is 0.442. The molecule has 4 rings (SSSR count). The van der Waals surface area contributed by atoms with Crippen LogP contribution in [0.5, 0.6) is 0 Å². The second kappa shape index (κ2) is 10.3. The molecule has 9 nitrogen and oxygen atoms in total. The zero-order valence-electron chi connectivity index (χ0n) is 22.9. The monoisotopic (exact) mass is 514 g/mol. The van der Waals surface area contributed by atoms with E-state index in [2.05, 4.69) is 29.4 Å². The van der Waals surface area contributed by atoms with Crippen molar-refractivity contribution in [2.45, 2.75) is 77.7 Å². The van der Waals surface area contributed by atoms with E-state index in [1.165, 1.54) is 4.90 Å². The molecule has 204 valence electrons. The highest BCUT2D eigenvalue weighted by Gasteiger charge is 2.80. The smallest absolute Gasteiger partial charge is 0.250 e. The first-order valence-corrected chi connectivity index (χ1v) is 13.7. The second-order valence-electron chi connectivity index (χ2n) is 11.0. The van der Waals surface area contributed by atoms with E-state index in [4.69, 9.17) is 4.74 Å². The Morgan fingerprint density at radius 1 is 1.19 bits per heavy atom. The minimum absolute atomic E-state index is 0.0260. The zero-order valence-corrected chi connectivity index (χ0v) is 22.9. The third kappa shape index (κ3) is 4.20. The number of rotatable bonds is 10. The molecule has 7 atom stereocenters. The van der Waals surface area contributed by atoms with Crippen molar-refractivity contribution in [1.29, 1.82) is 0 Å². The van der Waals surface area contributed by atoms with E-state index in [1.54, 1.807) is 6.92 Å². The first-order chi connectivity index (χ1) is 17.6. The van der Waals surface area contributed by atoms with Crippen molar-refractivity contribution in [2.75, 3.05) is 36.5 Å². The van der Waals surface area contributed by atoms with Crippen LogP contribution in [0.25, 0.3) is 0 Å². The van der Waals surface area contributed by atoms with Gasteiger partial charge < -0.3 is 30.3 Å².